The third-order valence-corrected chi connectivity index (χ3v) is 9.45. The minimum absolute atomic E-state index is 0.0200. The van der Waals surface area contributed by atoms with Crippen LogP contribution in [-0.4, -0.2) is 54.1 Å². The van der Waals surface area contributed by atoms with E-state index < -0.39 is 6.29 Å². The van der Waals surface area contributed by atoms with Gasteiger partial charge in [0.25, 0.3) is 0 Å². The number of nitrogens with one attached hydrogen (secondary N) is 2. The lowest BCUT2D eigenvalue weighted by atomic mass is 9.89. The molecule has 4 atom stereocenters. The largest absolute Gasteiger partial charge is 0.392 e. The number of likely N-dealkylation sites (tertiary alicyclic amines) is 1. The molecular weight excluding hydrogens is 590 g/mol. The van der Waals surface area contributed by atoms with Crippen LogP contribution in [0.3, 0.4) is 0 Å². The quantitative estimate of drug-likeness (QED) is 0.175. The lowest BCUT2D eigenvalue weighted by Crippen LogP contribution is -2.45. The van der Waals surface area contributed by atoms with Crippen LogP contribution in [0.25, 0.3) is 11.1 Å². The first-order valence-electron chi connectivity index (χ1n) is 17.3. The molecule has 0 spiro atoms. The zero-order valence-corrected chi connectivity index (χ0v) is 28.0. The fourth-order valence-corrected chi connectivity index (χ4v) is 6.63. The SMILES string of the molecule is CC(=O)NCCCCCC(=O)NCc1ccccc1-c1ccc([C@@H]2O[C@H](CN3CCCCC3)[C@H](C)[C@H](c3ccc(CO)cc3)O2)cc1. The predicted molar refractivity (Wildman–Crippen MR) is 184 cm³/mol. The molecule has 2 aliphatic rings. The molecule has 8 nitrogen and oxygen atoms in total. The summed E-state index contributed by atoms with van der Waals surface area (Å²) in [4.78, 5) is 26.1. The van der Waals surface area contributed by atoms with Crippen LogP contribution < -0.4 is 10.6 Å². The number of unbranched alkanes of at least 4 members (excludes halogenated alkanes) is 2. The topological polar surface area (TPSA) is 100 Å². The Bertz CT molecular complexity index is 1420. The van der Waals surface area contributed by atoms with Crippen molar-refractivity contribution in [1.82, 2.24) is 15.5 Å². The monoisotopic (exact) mass is 641 g/mol. The lowest BCUT2D eigenvalue weighted by Gasteiger charge is -2.43. The van der Waals surface area contributed by atoms with Crippen molar-refractivity contribution in [2.24, 2.45) is 5.92 Å². The summed E-state index contributed by atoms with van der Waals surface area (Å²) in [5.41, 5.74) is 6.18. The van der Waals surface area contributed by atoms with Crippen LogP contribution in [0.5, 0.6) is 0 Å². The number of aliphatic hydroxyl groups is 1. The highest BCUT2D eigenvalue weighted by Crippen LogP contribution is 2.42. The second kappa shape index (κ2) is 17.6. The van der Waals surface area contributed by atoms with Crippen molar-refractivity contribution in [2.45, 2.75) is 90.4 Å². The molecule has 252 valence electrons. The Morgan fingerprint density at radius 2 is 1.57 bits per heavy atom. The highest BCUT2D eigenvalue weighted by Gasteiger charge is 2.39. The molecule has 3 N–H and O–H groups in total. The maximum atomic E-state index is 12.5. The molecule has 2 amide bonds. The van der Waals surface area contributed by atoms with Crippen molar-refractivity contribution in [3.8, 4) is 11.1 Å². The van der Waals surface area contributed by atoms with Gasteiger partial charge in [-0.1, -0.05) is 92.6 Å². The molecule has 0 saturated carbocycles. The number of carbonyl (C=O) groups excluding carboxylic acids is 2. The van der Waals surface area contributed by atoms with E-state index in [-0.39, 0.29) is 36.5 Å². The molecule has 0 bridgehead atoms. The maximum absolute atomic E-state index is 12.5. The van der Waals surface area contributed by atoms with Crippen molar-refractivity contribution in [1.29, 1.82) is 0 Å². The molecule has 0 aromatic heterocycles. The molecule has 3 aromatic rings. The maximum Gasteiger partial charge on any atom is 0.220 e. The molecule has 2 fully saturated rings. The van der Waals surface area contributed by atoms with Gasteiger partial charge in [0.2, 0.25) is 11.8 Å². The summed E-state index contributed by atoms with van der Waals surface area (Å²) in [6.45, 7) is 8.00. The van der Waals surface area contributed by atoms with Gasteiger partial charge in [0.1, 0.15) is 0 Å². The second-order valence-corrected chi connectivity index (χ2v) is 13.0. The number of benzene rings is 3. The molecule has 8 heteroatoms. The Hall–Kier alpha value is -3.56. The number of aliphatic hydroxyl groups excluding tert-OH is 1. The average molecular weight is 642 g/mol. The number of hydrogen-bond acceptors (Lipinski definition) is 6. The first kappa shape index (κ1) is 34.8. The third kappa shape index (κ3) is 9.97. The van der Waals surface area contributed by atoms with Gasteiger partial charge < -0.3 is 30.1 Å². The van der Waals surface area contributed by atoms with Gasteiger partial charge >= 0.3 is 0 Å². The van der Waals surface area contributed by atoms with E-state index in [0.29, 0.717) is 19.5 Å². The Kier molecular flexibility index (Phi) is 13.0. The van der Waals surface area contributed by atoms with Gasteiger partial charge in [-0.25, -0.2) is 0 Å². The first-order chi connectivity index (χ1) is 22.9. The molecule has 2 saturated heterocycles. The summed E-state index contributed by atoms with van der Waals surface area (Å²) < 4.78 is 13.4. The van der Waals surface area contributed by atoms with Crippen LogP contribution in [0.4, 0.5) is 0 Å². The Balaban J connectivity index is 1.24. The molecule has 2 aliphatic heterocycles. The molecule has 2 heterocycles. The lowest BCUT2D eigenvalue weighted by molar-refractivity contribution is -0.276. The van der Waals surface area contributed by atoms with Crippen molar-refractivity contribution in [3.63, 3.8) is 0 Å². The molecule has 0 radical (unpaired) electrons. The number of piperidine rings is 1. The van der Waals surface area contributed by atoms with E-state index in [1.54, 1.807) is 0 Å². The van der Waals surface area contributed by atoms with Crippen LogP contribution in [0.2, 0.25) is 0 Å². The molecule has 0 aliphatic carbocycles. The highest BCUT2D eigenvalue weighted by atomic mass is 16.7. The minimum atomic E-state index is -0.495. The van der Waals surface area contributed by atoms with E-state index in [2.05, 4.69) is 71.0 Å². The van der Waals surface area contributed by atoms with Crippen molar-refractivity contribution in [2.75, 3.05) is 26.2 Å². The zero-order chi connectivity index (χ0) is 33.0. The van der Waals surface area contributed by atoms with Gasteiger partial charge in [0.05, 0.1) is 18.8 Å². The smallest absolute Gasteiger partial charge is 0.220 e. The molecule has 3 aromatic carbocycles. The second-order valence-electron chi connectivity index (χ2n) is 13.0. The summed E-state index contributed by atoms with van der Waals surface area (Å²) in [5, 5.41) is 15.4. The average Bonchev–Trinajstić information content (AvgIpc) is 3.10. The van der Waals surface area contributed by atoms with Crippen LogP contribution in [-0.2, 0) is 32.2 Å². The number of carbonyl (C=O) groups is 2. The van der Waals surface area contributed by atoms with Crippen LogP contribution in [0.1, 0.15) is 93.4 Å². The number of rotatable bonds is 14. The molecule has 47 heavy (non-hydrogen) atoms. The fraction of sp³-hybridized carbons (Fsp3) is 0.487. The van der Waals surface area contributed by atoms with E-state index in [0.717, 1.165) is 72.3 Å². The van der Waals surface area contributed by atoms with E-state index in [4.69, 9.17) is 9.47 Å². The van der Waals surface area contributed by atoms with E-state index in [1.807, 2.05) is 24.3 Å². The van der Waals surface area contributed by atoms with Crippen molar-refractivity contribution >= 4 is 11.8 Å². The number of amides is 2. The van der Waals surface area contributed by atoms with Gasteiger partial charge in [-0.3, -0.25) is 9.59 Å². The van der Waals surface area contributed by atoms with Crippen molar-refractivity contribution < 1.29 is 24.2 Å². The molecule has 5 rings (SSSR count). The van der Waals surface area contributed by atoms with Crippen LogP contribution in [0.15, 0.2) is 72.8 Å². The van der Waals surface area contributed by atoms with E-state index in [9.17, 15) is 14.7 Å². The normalized spacial score (nSPS) is 21.7. The number of nitrogens with zero attached hydrogens (tertiary/aromatic N) is 1. The highest BCUT2D eigenvalue weighted by molar-refractivity contribution is 5.76. The van der Waals surface area contributed by atoms with Gasteiger partial charge in [0.15, 0.2) is 6.29 Å². The first-order valence-corrected chi connectivity index (χ1v) is 17.3. The zero-order valence-electron chi connectivity index (χ0n) is 28.0. The fourth-order valence-electron chi connectivity index (χ4n) is 6.63. The summed E-state index contributed by atoms with van der Waals surface area (Å²) >= 11 is 0. The summed E-state index contributed by atoms with van der Waals surface area (Å²) in [6.07, 6.45) is 6.22. The Labute approximate surface area is 279 Å². The predicted octanol–water partition coefficient (Wildman–Crippen LogP) is 6.44. The number of hydrogen-bond donors (Lipinski definition) is 3. The van der Waals surface area contributed by atoms with Gasteiger partial charge in [-0.05, 0) is 66.6 Å². The van der Waals surface area contributed by atoms with Gasteiger partial charge in [0, 0.05) is 44.5 Å². The van der Waals surface area contributed by atoms with Crippen LogP contribution in [0, 0.1) is 5.92 Å². The summed E-state index contributed by atoms with van der Waals surface area (Å²) in [5.74, 6) is 0.182. The van der Waals surface area contributed by atoms with Crippen LogP contribution >= 0.6 is 0 Å². The summed E-state index contributed by atoms with van der Waals surface area (Å²) in [7, 11) is 0. The third-order valence-electron chi connectivity index (χ3n) is 9.45. The Morgan fingerprint density at radius 3 is 2.30 bits per heavy atom. The number of ether oxygens (including phenoxy) is 2. The standard InChI is InChI=1S/C39H51N3O5/c1-28-36(26-42-23-9-4-10-24-42)46-39(47-38(28)32-16-14-30(27-43)15-17-32)33-20-18-31(19-21-33)35-12-7-6-11-34(35)25-41-37(45)13-5-3-8-22-40-29(2)44/h6-7,11-12,14-21,28,36,38-39,43H,3-5,8-10,13,22-27H2,1-2H3,(H,40,44)(H,41,45)/t28-,36+,38+,39+/m0/s1. The van der Waals surface area contributed by atoms with E-state index in [1.165, 1.54) is 26.2 Å². The van der Waals surface area contributed by atoms with Gasteiger partial charge in [-0.15, -0.1) is 0 Å². The summed E-state index contributed by atoms with van der Waals surface area (Å²) in [6, 6.07) is 24.7. The van der Waals surface area contributed by atoms with E-state index >= 15 is 0 Å². The minimum Gasteiger partial charge on any atom is -0.392 e. The van der Waals surface area contributed by atoms with Crippen molar-refractivity contribution in [3.05, 3.63) is 95.1 Å². The molecular formula is C39H51N3O5. The Morgan fingerprint density at radius 1 is 0.851 bits per heavy atom. The molecule has 0 unspecified atom stereocenters. The van der Waals surface area contributed by atoms with Gasteiger partial charge in [-0.2, -0.15) is 0 Å².